The quantitative estimate of drug-likeness (QED) is 0.736. The summed E-state index contributed by atoms with van der Waals surface area (Å²) in [6, 6.07) is 0.584. The second-order valence-corrected chi connectivity index (χ2v) is 4.36. The van der Waals surface area contributed by atoms with Gasteiger partial charge in [0, 0.05) is 11.4 Å². The molecule has 2 unspecified atom stereocenters. The molecule has 0 aliphatic carbocycles. The van der Waals surface area contributed by atoms with Crippen LogP contribution in [0.2, 0.25) is 0 Å². The Morgan fingerprint density at radius 3 is 3.15 bits per heavy atom. The van der Waals surface area contributed by atoms with Crippen LogP contribution >= 0.6 is 11.3 Å². The first-order valence-electron chi connectivity index (χ1n) is 4.63. The molecule has 1 aromatic heterocycles. The van der Waals surface area contributed by atoms with Gasteiger partial charge < -0.3 is 5.73 Å². The number of nitrogens with two attached hydrogens (primary N) is 1. The van der Waals surface area contributed by atoms with Crippen LogP contribution in [0.3, 0.4) is 0 Å². The molecule has 3 nitrogen and oxygen atoms in total. The molecular formula is C9H15N3S. The van der Waals surface area contributed by atoms with E-state index in [1.54, 1.807) is 11.3 Å². The lowest BCUT2D eigenvalue weighted by molar-refractivity contribution is 0.160. The molecule has 1 aliphatic heterocycles. The van der Waals surface area contributed by atoms with E-state index in [-0.39, 0.29) is 6.04 Å². The van der Waals surface area contributed by atoms with Gasteiger partial charge in [0.2, 0.25) is 0 Å². The van der Waals surface area contributed by atoms with Crippen LogP contribution < -0.4 is 5.73 Å². The zero-order valence-electron chi connectivity index (χ0n) is 7.81. The summed E-state index contributed by atoms with van der Waals surface area (Å²) >= 11 is 1.64. The number of hydrogen-bond acceptors (Lipinski definition) is 4. The van der Waals surface area contributed by atoms with Crippen LogP contribution in [0, 0.1) is 0 Å². The lowest BCUT2D eigenvalue weighted by atomic mass is 9.96. The molecule has 1 saturated heterocycles. The molecule has 0 aromatic carbocycles. The van der Waals surface area contributed by atoms with Crippen LogP contribution in [-0.2, 0) is 0 Å². The molecule has 1 aromatic rings. The maximum absolute atomic E-state index is 6.08. The number of hydrogen-bond donors (Lipinski definition) is 1. The molecule has 2 atom stereocenters. The molecule has 72 valence electrons. The number of thiazole rings is 1. The minimum atomic E-state index is 0.251. The molecule has 2 rings (SSSR count). The Morgan fingerprint density at radius 1 is 1.69 bits per heavy atom. The van der Waals surface area contributed by atoms with Gasteiger partial charge >= 0.3 is 0 Å². The predicted octanol–water partition coefficient (Wildman–Crippen LogP) is 1.24. The first kappa shape index (κ1) is 9.12. The summed E-state index contributed by atoms with van der Waals surface area (Å²) in [5, 5.41) is 2.10. The molecular weight excluding hydrogens is 182 g/mol. The number of likely N-dealkylation sites (tertiary alicyclic amines) is 1. The van der Waals surface area contributed by atoms with Crippen molar-refractivity contribution in [1.29, 1.82) is 0 Å². The zero-order chi connectivity index (χ0) is 9.26. The van der Waals surface area contributed by atoms with Crippen LogP contribution in [0.5, 0.6) is 0 Å². The summed E-state index contributed by atoms with van der Waals surface area (Å²) in [5.74, 6) is 0. The minimum absolute atomic E-state index is 0.251. The highest BCUT2D eigenvalue weighted by Gasteiger charge is 2.28. The highest BCUT2D eigenvalue weighted by atomic mass is 32.1. The van der Waals surface area contributed by atoms with Crippen LogP contribution in [-0.4, -0.2) is 29.5 Å². The first-order chi connectivity index (χ1) is 6.29. The van der Waals surface area contributed by atoms with E-state index in [4.69, 9.17) is 5.73 Å². The fourth-order valence-electron chi connectivity index (χ4n) is 2.01. The molecule has 0 saturated carbocycles. The summed E-state index contributed by atoms with van der Waals surface area (Å²) < 4.78 is 0. The van der Waals surface area contributed by atoms with Crippen LogP contribution in [0.4, 0.5) is 0 Å². The minimum Gasteiger partial charge on any atom is -0.326 e. The van der Waals surface area contributed by atoms with E-state index < -0.39 is 0 Å². The molecule has 4 heteroatoms. The van der Waals surface area contributed by atoms with E-state index in [1.807, 2.05) is 5.51 Å². The Balaban J connectivity index is 2.19. The van der Waals surface area contributed by atoms with Crippen molar-refractivity contribution >= 4 is 11.3 Å². The van der Waals surface area contributed by atoms with Gasteiger partial charge in [0.05, 0.1) is 17.2 Å². The van der Waals surface area contributed by atoms with Crippen molar-refractivity contribution in [3.63, 3.8) is 0 Å². The van der Waals surface area contributed by atoms with Gasteiger partial charge in [0.1, 0.15) is 0 Å². The second-order valence-electron chi connectivity index (χ2n) is 3.64. The third-order valence-corrected chi connectivity index (χ3v) is 3.29. The van der Waals surface area contributed by atoms with Crippen molar-refractivity contribution in [1.82, 2.24) is 9.88 Å². The maximum atomic E-state index is 6.08. The van der Waals surface area contributed by atoms with E-state index in [0.717, 1.165) is 18.7 Å². The largest absolute Gasteiger partial charge is 0.326 e. The predicted molar refractivity (Wildman–Crippen MR) is 54.7 cm³/mol. The van der Waals surface area contributed by atoms with Gasteiger partial charge in [-0.1, -0.05) is 0 Å². The standard InChI is InChI=1S/C9H15N3S/c1-12-4-2-3-7(10)9(12)8-5-13-6-11-8/h5-7,9H,2-4,10H2,1H3. The highest BCUT2D eigenvalue weighted by Crippen LogP contribution is 2.28. The normalized spacial score (nSPS) is 30.6. The summed E-state index contributed by atoms with van der Waals surface area (Å²) in [6.45, 7) is 1.13. The van der Waals surface area contributed by atoms with Crippen LogP contribution in [0.15, 0.2) is 10.9 Å². The SMILES string of the molecule is CN1CCCC(N)C1c1cscn1. The Kier molecular flexibility index (Phi) is 2.62. The summed E-state index contributed by atoms with van der Waals surface area (Å²) in [4.78, 5) is 6.65. The van der Waals surface area contributed by atoms with Gasteiger partial charge in [-0.3, -0.25) is 4.90 Å². The lowest BCUT2D eigenvalue weighted by Crippen LogP contribution is -2.43. The average molecular weight is 197 g/mol. The third-order valence-electron chi connectivity index (χ3n) is 2.68. The number of nitrogens with zero attached hydrogens (tertiary/aromatic N) is 2. The Bertz CT molecular complexity index is 250. The van der Waals surface area contributed by atoms with Gasteiger partial charge in [-0.05, 0) is 26.4 Å². The van der Waals surface area contributed by atoms with Crippen molar-refractivity contribution in [2.45, 2.75) is 24.9 Å². The van der Waals surface area contributed by atoms with Gasteiger partial charge in [-0.15, -0.1) is 11.3 Å². The Labute approximate surface area is 82.6 Å². The van der Waals surface area contributed by atoms with E-state index in [0.29, 0.717) is 6.04 Å². The average Bonchev–Trinajstić information content (AvgIpc) is 2.57. The van der Waals surface area contributed by atoms with Gasteiger partial charge in [-0.25, -0.2) is 4.98 Å². The number of piperidine rings is 1. The van der Waals surface area contributed by atoms with Gasteiger partial charge in [0.25, 0.3) is 0 Å². The molecule has 0 bridgehead atoms. The van der Waals surface area contributed by atoms with Gasteiger partial charge in [-0.2, -0.15) is 0 Å². The lowest BCUT2D eigenvalue weighted by Gasteiger charge is -2.36. The molecule has 0 radical (unpaired) electrons. The number of rotatable bonds is 1. The summed E-state index contributed by atoms with van der Waals surface area (Å²) in [6.07, 6.45) is 2.32. The van der Waals surface area contributed by atoms with Crippen LogP contribution in [0.25, 0.3) is 0 Å². The fourth-order valence-corrected chi connectivity index (χ4v) is 2.60. The summed E-state index contributed by atoms with van der Waals surface area (Å²) in [5.41, 5.74) is 9.10. The zero-order valence-corrected chi connectivity index (χ0v) is 8.63. The van der Waals surface area contributed by atoms with E-state index in [2.05, 4.69) is 22.3 Å². The Morgan fingerprint density at radius 2 is 2.54 bits per heavy atom. The maximum Gasteiger partial charge on any atom is 0.0795 e. The van der Waals surface area contributed by atoms with Crippen molar-refractivity contribution in [3.8, 4) is 0 Å². The molecule has 2 heterocycles. The van der Waals surface area contributed by atoms with Crippen molar-refractivity contribution < 1.29 is 0 Å². The molecule has 1 fully saturated rings. The van der Waals surface area contributed by atoms with E-state index in [9.17, 15) is 0 Å². The van der Waals surface area contributed by atoms with E-state index >= 15 is 0 Å². The van der Waals surface area contributed by atoms with E-state index in [1.165, 1.54) is 6.42 Å². The highest BCUT2D eigenvalue weighted by molar-refractivity contribution is 7.07. The van der Waals surface area contributed by atoms with Crippen molar-refractivity contribution in [2.24, 2.45) is 5.73 Å². The molecule has 1 aliphatic rings. The molecule has 13 heavy (non-hydrogen) atoms. The second kappa shape index (κ2) is 3.74. The smallest absolute Gasteiger partial charge is 0.0795 e. The topological polar surface area (TPSA) is 42.1 Å². The van der Waals surface area contributed by atoms with Crippen molar-refractivity contribution in [2.75, 3.05) is 13.6 Å². The molecule has 2 N–H and O–H groups in total. The third kappa shape index (κ3) is 1.75. The fraction of sp³-hybridized carbons (Fsp3) is 0.667. The summed E-state index contributed by atoms with van der Waals surface area (Å²) in [7, 11) is 2.13. The first-order valence-corrected chi connectivity index (χ1v) is 5.57. The van der Waals surface area contributed by atoms with Gasteiger partial charge in [0.15, 0.2) is 0 Å². The number of likely N-dealkylation sites (N-methyl/N-ethyl adjacent to an activating group) is 1. The number of aromatic nitrogens is 1. The molecule has 0 amide bonds. The van der Waals surface area contributed by atoms with Crippen LogP contribution in [0.1, 0.15) is 24.6 Å². The Hall–Kier alpha value is -0.450. The molecule has 0 spiro atoms. The monoisotopic (exact) mass is 197 g/mol. The van der Waals surface area contributed by atoms with Crippen molar-refractivity contribution in [3.05, 3.63) is 16.6 Å².